The predicted molar refractivity (Wildman–Crippen MR) is 123 cm³/mol. The van der Waals surface area contributed by atoms with Crippen LogP contribution in [-0.2, 0) is 0 Å². The van der Waals surface area contributed by atoms with Crippen LogP contribution < -0.4 is 0 Å². The SMILES string of the molecule is C/C=C(/CCC)[PH](/C(=C\C)CCC)(/C(=C\C)CCC)/C(=C\C)CCC. The van der Waals surface area contributed by atoms with Gasteiger partial charge in [-0.25, -0.2) is 0 Å². The van der Waals surface area contributed by atoms with Crippen molar-refractivity contribution < 1.29 is 0 Å². The zero-order chi connectivity index (χ0) is 19.3. The fourth-order valence-electron chi connectivity index (χ4n) is 4.51. The number of allylic oxidation sites excluding steroid dienone is 8. The molecule has 0 bridgehead atoms. The molecule has 0 spiro atoms. The fourth-order valence-corrected chi connectivity index (χ4v) is 11.2. The van der Waals surface area contributed by atoms with Gasteiger partial charge in [-0.1, -0.05) is 0 Å². The molecule has 0 unspecified atom stereocenters. The summed E-state index contributed by atoms with van der Waals surface area (Å²) in [5, 5.41) is 7.00. The Hall–Kier alpha value is -0.610. The summed E-state index contributed by atoms with van der Waals surface area (Å²) < 4.78 is 0. The molecule has 0 amide bonds. The first-order chi connectivity index (χ1) is 12.1. The second-order valence-electron chi connectivity index (χ2n) is 7.01. The van der Waals surface area contributed by atoms with E-state index in [0.29, 0.717) is 0 Å². The summed E-state index contributed by atoms with van der Waals surface area (Å²) in [5.41, 5.74) is 0. The molecule has 0 rings (SSSR count). The van der Waals surface area contributed by atoms with Crippen molar-refractivity contribution in [3.8, 4) is 0 Å². The van der Waals surface area contributed by atoms with Crippen LogP contribution >= 0.6 is 7.26 Å². The van der Waals surface area contributed by atoms with E-state index in [-0.39, 0.29) is 0 Å². The third-order valence-electron chi connectivity index (χ3n) is 5.40. The number of hydrogen-bond donors (Lipinski definition) is 0. The summed E-state index contributed by atoms with van der Waals surface area (Å²) in [6.45, 7) is 18.5. The van der Waals surface area contributed by atoms with E-state index in [1.807, 2.05) is 0 Å². The van der Waals surface area contributed by atoms with Crippen molar-refractivity contribution in [1.29, 1.82) is 0 Å². The van der Waals surface area contributed by atoms with Crippen molar-refractivity contribution in [3.63, 3.8) is 0 Å². The van der Waals surface area contributed by atoms with Crippen LogP contribution in [0.5, 0.6) is 0 Å². The Morgan fingerprint density at radius 1 is 0.480 bits per heavy atom. The predicted octanol–water partition coefficient (Wildman–Crippen LogP) is 9.55. The van der Waals surface area contributed by atoms with Crippen LogP contribution in [-0.4, -0.2) is 0 Å². The van der Waals surface area contributed by atoms with Gasteiger partial charge in [-0.3, -0.25) is 0 Å². The Morgan fingerprint density at radius 3 is 0.800 bits per heavy atom. The van der Waals surface area contributed by atoms with Crippen LogP contribution in [0.4, 0.5) is 0 Å². The average Bonchev–Trinajstić information content (AvgIpc) is 2.63. The second-order valence-corrected chi connectivity index (χ2v) is 11.1. The molecule has 0 fully saturated rings. The molecule has 0 aromatic heterocycles. The monoisotopic (exact) mass is 364 g/mol. The van der Waals surface area contributed by atoms with E-state index >= 15 is 0 Å². The third kappa shape index (κ3) is 5.68. The molecule has 0 heterocycles. The Balaban J connectivity index is 6.92. The Labute approximate surface area is 159 Å². The number of hydrogen-bond acceptors (Lipinski definition) is 0. The van der Waals surface area contributed by atoms with Gasteiger partial charge in [0.2, 0.25) is 0 Å². The van der Waals surface area contributed by atoms with Gasteiger partial charge in [-0.15, -0.1) is 0 Å². The molecule has 0 saturated carbocycles. The van der Waals surface area contributed by atoms with Crippen molar-refractivity contribution in [2.45, 2.75) is 107 Å². The average molecular weight is 365 g/mol. The van der Waals surface area contributed by atoms with Gasteiger partial charge in [-0.2, -0.15) is 0 Å². The molecule has 0 aromatic carbocycles. The van der Waals surface area contributed by atoms with Crippen molar-refractivity contribution in [1.82, 2.24) is 0 Å². The Bertz CT molecular complexity index is 395. The molecule has 25 heavy (non-hydrogen) atoms. The van der Waals surface area contributed by atoms with Crippen LogP contribution in [0.15, 0.2) is 45.6 Å². The van der Waals surface area contributed by atoms with E-state index < -0.39 is 7.26 Å². The third-order valence-corrected chi connectivity index (χ3v) is 11.4. The standard InChI is InChI=1S/C24H45P/c1-9-17-21(13-5)25(22(14-6)18-10-2,23(15-7)19-11-3)24(16-8)20-12-4/h13-16,25H,9-12,17-20H2,1-8H3/b21-13-,22-14-,23-15-,24-16-. The maximum atomic E-state index is 2.48. The molecule has 1 heteroatoms. The quantitative estimate of drug-likeness (QED) is 0.302. The van der Waals surface area contributed by atoms with Gasteiger partial charge >= 0.3 is 160 Å². The molecular weight excluding hydrogens is 319 g/mol. The first-order valence-corrected chi connectivity index (χ1v) is 12.7. The molecule has 0 radical (unpaired) electrons. The van der Waals surface area contributed by atoms with E-state index in [1.165, 1.54) is 51.4 Å². The van der Waals surface area contributed by atoms with Crippen LogP contribution in [0.1, 0.15) is 107 Å². The summed E-state index contributed by atoms with van der Waals surface area (Å²) in [4.78, 5) is 0. The summed E-state index contributed by atoms with van der Waals surface area (Å²) >= 11 is 0. The van der Waals surface area contributed by atoms with Crippen LogP contribution in [0.25, 0.3) is 0 Å². The zero-order valence-corrected chi connectivity index (χ0v) is 19.5. The van der Waals surface area contributed by atoms with Gasteiger partial charge in [0, 0.05) is 0 Å². The summed E-state index contributed by atoms with van der Waals surface area (Å²) in [6.07, 6.45) is 19.8. The summed E-state index contributed by atoms with van der Waals surface area (Å²) in [6, 6.07) is 0. The zero-order valence-electron chi connectivity index (χ0n) is 18.5. The first-order valence-electron chi connectivity index (χ1n) is 10.7. The maximum absolute atomic E-state index is 2.48. The van der Waals surface area contributed by atoms with Crippen LogP contribution in [0.2, 0.25) is 0 Å². The van der Waals surface area contributed by atoms with Gasteiger partial charge in [0.25, 0.3) is 0 Å². The topological polar surface area (TPSA) is 0 Å². The minimum atomic E-state index is -1.95. The van der Waals surface area contributed by atoms with E-state index in [1.54, 1.807) is 21.3 Å². The molecule has 0 nitrogen and oxygen atoms in total. The minimum absolute atomic E-state index is 1.24. The van der Waals surface area contributed by atoms with E-state index in [2.05, 4.69) is 79.7 Å². The van der Waals surface area contributed by atoms with Crippen molar-refractivity contribution >= 4 is 7.26 Å². The normalized spacial score (nSPS) is 15.7. The molecule has 0 saturated heterocycles. The summed E-state index contributed by atoms with van der Waals surface area (Å²) in [7, 11) is -1.95. The second kappa shape index (κ2) is 13.6. The van der Waals surface area contributed by atoms with Gasteiger partial charge in [0.1, 0.15) is 0 Å². The van der Waals surface area contributed by atoms with Crippen molar-refractivity contribution in [2.24, 2.45) is 0 Å². The van der Waals surface area contributed by atoms with Gasteiger partial charge in [0.05, 0.1) is 0 Å². The molecular formula is C24H45P. The van der Waals surface area contributed by atoms with E-state index in [9.17, 15) is 0 Å². The van der Waals surface area contributed by atoms with Gasteiger partial charge < -0.3 is 0 Å². The molecule has 0 atom stereocenters. The molecule has 146 valence electrons. The Kier molecular flexibility index (Phi) is 13.2. The fraction of sp³-hybridized carbons (Fsp3) is 0.667. The van der Waals surface area contributed by atoms with Crippen LogP contribution in [0.3, 0.4) is 0 Å². The molecule has 0 aliphatic carbocycles. The van der Waals surface area contributed by atoms with Crippen LogP contribution in [0, 0.1) is 0 Å². The van der Waals surface area contributed by atoms with Gasteiger partial charge in [0.15, 0.2) is 0 Å². The van der Waals surface area contributed by atoms with Crippen molar-refractivity contribution in [3.05, 3.63) is 45.6 Å². The van der Waals surface area contributed by atoms with E-state index in [4.69, 9.17) is 0 Å². The molecule has 0 aliphatic heterocycles. The van der Waals surface area contributed by atoms with Gasteiger partial charge in [-0.05, 0) is 0 Å². The number of rotatable bonds is 12. The van der Waals surface area contributed by atoms with Crippen molar-refractivity contribution in [2.75, 3.05) is 0 Å². The first kappa shape index (κ1) is 24.4. The van der Waals surface area contributed by atoms with E-state index in [0.717, 1.165) is 0 Å². The molecule has 0 N–H and O–H groups in total. The Morgan fingerprint density at radius 2 is 0.680 bits per heavy atom. The molecule has 0 aromatic rings. The summed E-state index contributed by atoms with van der Waals surface area (Å²) in [5.74, 6) is 0. The molecule has 0 aliphatic rings.